The first-order valence-corrected chi connectivity index (χ1v) is 5.67. The lowest BCUT2D eigenvalue weighted by Gasteiger charge is -2.21. The third-order valence-corrected chi connectivity index (χ3v) is 3.92. The molecule has 0 saturated carbocycles. The van der Waals surface area contributed by atoms with Gasteiger partial charge in [0.1, 0.15) is 0 Å². The molecule has 0 radical (unpaired) electrons. The van der Waals surface area contributed by atoms with Gasteiger partial charge in [0, 0.05) is 24.4 Å². The third kappa shape index (κ3) is 2.68. The lowest BCUT2D eigenvalue weighted by atomic mass is 9.92. The van der Waals surface area contributed by atoms with Gasteiger partial charge in [-0.25, -0.2) is 10.9 Å². The minimum atomic E-state index is -0.0786. The van der Waals surface area contributed by atoms with Crippen molar-refractivity contribution in [2.24, 2.45) is 5.90 Å². The van der Waals surface area contributed by atoms with Crippen LogP contribution in [0.5, 0.6) is 0 Å². The van der Waals surface area contributed by atoms with Crippen LogP contribution in [-0.4, -0.2) is 25.7 Å². The van der Waals surface area contributed by atoms with E-state index >= 15 is 0 Å². The molecule has 0 unspecified atom stereocenters. The Kier molecular flexibility index (Phi) is 3.70. The summed E-state index contributed by atoms with van der Waals surface area (Å²) in [6.45, 7) is 6.75. The number of aryl methyl sites for hydroxylation is 1. The summed E-state index contributed by atoms with van der Waals surface area (Å²) in [4.78, 5) is 12.5. The highest BCUT2D eigenvalue weighted by molar-refractivity contribution is 7.15. The van der Waals surface area contributed by atoms with Crippen LogP contribution in [0.25, 0.3) is 0 Å². The van der Waals surface area contributed by atoms with E-state index in [4.69, 9.17) is 10.7 Å². The Morgan fingerprint density at radius 2 is 2.07 bits per heavy atom. The van der Waals surface area contributed by atoms with Crippen molar-refractivity contribution in [3.8, 4) is 0 Å². The highest BCUT2D eigenvalue weighted by Crippen LogP contribution is 2.34. The molecule has 0 atom stereocenters. The molecule has 0 spiro atoms. The smallest absolute Gasteiger partial charge is 0.185 e. The highest BCUT2D eigenvalue weighted by atomic mass is 32.1. The predicted molar refractivity (Wildman–Crippen MR) is 64.3 cm³/mol. The molecule has 0 aliphatic rings. The lowest BCUT2D eigenvalue weighted by molar-refractivity contribution is 0.0973. The molecule has 4 nitrogen and oxygen atoms in total. The van der Waals surface area contributed by atoms with Crippen LogP contribution >= 0.6 is 11.3 Å². The first-order valence-electron chi connectivity index (χ1n) is 4.85. The van der Waals surface area contributed by atoms with Crippen LogP contribution in [0.15, 0.2) is 0 Å². The maximum Gasteiger partial charge on any atom is 0.185 e. The summed E-state index contributed by atoms with van der Waals surface area (Å²) in [6, 6.07) is 0. The molecule has 5 heteroatoms. The molecule has 0 aliphatic heterocycles. The van der Waals surface area contributed by atoms with Gasteiger partial charge in [-0.1, -0.05) is 13.8 Å². The van der Waals surface area contributed by atoms with E-state index in [2.05, 4.69) is 18.8 Å². The fraction of sp³-hybridized carbons (Fsp3) is 0.700. The van der Waals surface area contributed by atoms with Crippen molar-refractivity contribution in [2.75, 3.05) is 25.6 Å². The molecule has 15 heavy (non-hydrogen) atoms. The quantitative estimate of drug-likeness (QED) is 0.798. The number of aromatic nitrogens is 1. The van der Waals surface area contributed by atoms with E-state index in [1.54, 1.807) is 11.3 Å². The summed E-state index contributed by atoms with van der Waals surface area (Å²) in [7, 11) is 3.99. The molecule has 1 rings (SSSR count). The van der Waals surface area contributed by atoms with Crippen molar-refractivity contribution < 1.29 is 4.84 Å². The van der Waals surface area contributed by atoms with Crippen LogP contribution in [0, 0.1) is 6.92 Å². The van der Waals surface area contributed by atoms with E-state index < -0.39 is 0 Å². The maximum absolute atomic E-state index is 5.14. The minimum Gasteiger partial charge on any atom is -0.354 e. The molecule has 1 aromatic rings. The number of hydrogen-bond acceptors (Lipinski definition) is 5. The Morgan fingerprint density at radius 3 is 2.47 bits per heavy atom. The average molecular weight is 229 g/mol. The Balaban J connectivity index is 3.03. The molecule has 0 fully saturated rings. The molecular formula is C10H19N3OS. The monoisotopic (exact) mass is 229 g/mol. The molecule has 86 valence electrons. The SMILES string of the molecule is Cc1nc(N(C)C)sc1C(C)(C)CON. The fourth-order valence-corrected chi connectivity index (χ4v) is 2.55. The maximum atomic E-state index is 5.14. The zero-order valence-corrected chi connectivity index (χ0v) is 10.8. The van der Waals surface area contributed by atoms with E-state index in [1.165, 1.54) is 4.88 Å². The first kappa shape index (κ1) is 12.4. The Labute approximate surface area is 95.0 Å². The average Bonchev–Trinajstić information content (AvgIpc) is 2.47. The van der Waals surface area contributed by atoms with Gasteiger partial charge >= 0.3 is 0 Å². The molecule has 2 N–H and O–H groups in total. The largest absolute Gasteiger partial charge is 0.354 e. The predicted octanol–water partition coefficient (Wildman–Crippen LogP) is 1.69. The Hall–Kier alpha value is -0.650. The van der Waals surface area contributed by atoms with Crippen molar-refractivity contribution in [3.63, 3.8) is 0 Å². The van der Waals surface area contributed by atoms with Crippen molar-refractivity contribution >= 4 is 16.5 Å². The molecule has 0 saturated heterocycles. The van der Waals surface area contributed by atoms with Crippen LogP contribution in [0.4, 0.5) is 5.13 Å². The van der Waals surface area contributed by atoms with Crippen LogP contribution in [0.3, 0.4) is 0 Å². The number of nitrogens with zero attached hydrogens (tertiary/aromatic N) is 2. The lowest BCUT2D eigenvalue weighted by Crippen LogP contribution is -2.25. The third-order valence-electron chi connectivity index (χ3n) is 2.23. The van der Waals surface area contributed by atoms with Crippen LogP contribution in [0.2, 0.25) is 0 Å². The first-order chi connectivity index (χ1) is 6.88. The summed E-state index contributed by atoms with van der Waals surface area (Å²) in [5.41, 5.74) is 0.982. The van der Waals surface area contributed by atoms with Gasteiger partial charge in [0.15, 0.2) is 5.13 Å². The number of anilines is 1. The summed E-state index contributed by atoms with van der Waals surface area (Å²) in [5.74, 6) is 5.14. The van der Waals surface area contributed by atoms with Gasteiger partial charge in [0.25, 0.3) is 0 Å². The van der Waals surface area contributed by atoms with Crippen LogP contribution in [0.1, 0.15) is 24.4 Å². The second kappa shape index (κ2) is 4.47. The number of thiazole rings is 1. The summed E-state index contributed by atoms with van der Waals surface area (Å²) in [5, 5.41) is 1.02. The van der Waals surface area contributed by atoms with Crippen molar-refractivity contribution in [1.29, 1.82) is 0 Å². The van der Waals surface area contributed by atoms with Gasteiger partial charge in [0.2, 0.25) is 0 Å². The van der Waals surface area contributed by atoms with Crippen molar-refractivity contribution in [2.45, 2.75) is 26.2 Å². The molecular weight excluding hydrogens is 210 g/mol. The van der Waals surface area contributed by atoms with E-state index in [0.717, 1.165) is 10.8 Å². The second-order valence-electron chi connectivity index (χ2n) is 4.50. The van der Waals surface area contributed by atoms with Gasteiger partial charge in [-0.3, -0.25) is 0 Å². The van der Waals surface area contributed by atoms with E-state index in [1.807, 2.05) is 25.9 Å². The molecule has 0 amide bonds. The topological polar surface area (TPSA) is 51.4 Å². The summed E-state index contributed by atoms with van der Waals surface area (Å²) in [6.07, 6.45) is 0. The van der Waals surface area contributed by atoms with E-state index in [9.17, 15) is 0 Å². The highest BCUT2D eigenvalue weighted by Gasteiger charge is 2.26. The molecule has 0 aromatic carbocycles. The summed E-state index contributed by atoms with van der Waals surface area (Å²) < 4.78 is 0. The summed E-state index contributed by atoms with van der Waals surface area (Å²) >= 11 is 1.69. The minimum absolute atomic E-state index is 0.0786. The molecule has 0 bridgehead atoms. The second-order valence-corrected chi connectivity index (χ2v) is 5.48. The van der Waals surface area contributed by atoms with Gasteiger partial charge in [-0.15, -0.1) is 11.3 Å². The van der Waals surface area contributed by atoms with Gasteiger partial charge in [-0.2, -0.15) is 0 Å². The normalized spacial score (nSPS) is 11.9. The number of nitrogens with two attached hydrogens (primary N) is 1. The molecule has 1 aromatic heterocycles. The van der Waals surface area contributed by atoms with Crippen molar-refractivity contribution in [3.05, 3.63) is 10.6 Å². The molecule has 0 aliphatic carbocycles. The zero-order chi connectivity index (χ0) is 11.6. The zero-order valence-electron chi connectivity index (χ0n) is 10.00. The van der Waals surface area contributed by atoms with Gasteiger partial charge < -0.3 is 9.74 Å². The van der Waals surface area contributed by atoms with Crippen molar-refractivity contribution in [1.82, 2.24) is 4.98 Å². The standard InChI is InChI=1S/C10H19N3OS/c1-7-8(10(2,3)6-14-11)15-9(12-7)13(4)5/h6,11H2,1-5H3. The van der Waals surface area contributed by atoms with Gasteiger partial charge in [-0.05, 0) is 6.92 Å². The van der Waals surface area contributed by atoms with E-state index in [-0.39, 0.29) is 5.41 Å². The number of hydrogen-bond donors (Lipinski definition) is 1. The van der Waals surface area contributed by atoms with Gasteiger partial charge in [0.05, 0.1) is 12.3 Å². The fourth-order valence-electron chi connectivity index (χ4n) is 1.48. The van der Waals surface area contributed by atoms with Crippen LogP contribution in [-0.2, 0) is 10.3 Å². The number of rotatable bonds is 4. The van der Waals surface area contributed by atoms with Crippen LogP contribution < -0.4 is 10.8 Å². The van der Waals surface area contributed by atoms with E-state index in [0.29, 0.717) is 6.61 Å². The Bertz CT molecular complexity index is 333. The Morgan fingerprint density at radius 1 is 1.47 bits per heavy atom. The molecule has 1 heterocycles.